The maximum Gasteiger partial charge on any atom is 0.257 e. The quantitative estimate of drug-likeness (QED) is 0.865. The largest absolute Gasteiger partial charge is 0.478 e. The summed E-state index contributed by atoms with van der Waals surface area (Å²) in [5, 5.41) is 12.0. The summed E-state index contributed by atoms with van der Waals surface area (Å²) in [6, 6.07) is 9.45. The standard InChI is InChI=1S/C15H16N2O2S/c1-10(2)20-13-5-3-11(4-6-13)14(18)17-15-12(9-16)7-8-19-15/h3-6,10H,7-8H2,1-2H3,(H,17,18). The van der Waals surface area contributed by atoms with Gasteiger partial charge in [0.15, 0.2) is 0 Å². The van der Waals surface area contributed by atoms with Crippen LogP contribution in [-0.2, 0) is 4.74 Å². The van der Waals surface area contributed by atoms with Crippen LogP contribution in [0.1, 0.15) is 30.6 Å². The zero-order valence-corrected chi connectivity index (χ0v) is 12.3. The van der Waals surface area contributed by atoms with Crippen molar-refractivity contribution >= 4 is 17.7 Å². The highest BCUT2D eigenvalue weighted by Gasteiger charge is 2.18. The molecule has 1 N–H and O–H groups in total. The number of carbonyl (C=O) groups is 1. The smallest absolute Gasteiger partial charge is 0.257 e. The van der Waals surface area contributed by atoms with Crippen LogP contribution in [0.4, 0.5) is 0 Å². The van der Waals surface area contributed by atoms with E-state index < -0.39 is 0 Å². The minimum atomic E-state index is -0.254. The molecule has 1 aliphatic heterocycles. The second kappa shape index (κ2) is 6.49. The van der Waals surface area contributed by atoms with Crippen LogP contribution in [-0.4, -0.2) is 17.8 Å². The maximum atomic E-state index is 12.1. The van der Waals surface area contributed by atoms with Crippen LogP contribution in [0.2, 0.25) is 0 Å². The monoisotopic (exact) mass is 288 g/mol. The molecule has 0 saturated carbocycles. The molecule has 1 heterocycles. The molecule has 1 aromatic carbocycles. The number of thioether (sulfide) groups is 1. The highest BCUT2D eigenvalue weighted by molar-refractivity contribution is 7.99. The molecule has 5 heteroatoms. The third kappa shape index (κ3) is 3.55. The molecule has 0 spiro atoms. The van der Waals surface area contributed by atoms with E-state index in [1.54, 1.807) is 23.9 Å². The summed E-state index contributed by atoms with van der Waals surface area (Å²) in [6.45, 7) is 4.69. The number of amides is 1. The Morgan fingerprint density at radius 3 is 2.70 bits per heavy atom. The van der Waals surface area contributed by atoms with Crippen molar-refractivity contribution in [2.75, 3.05) is 6.61 Å². The Labute approximate surface area is 122 Å². The molecule has 4 nitrogen and oxygen atoms in total. The summed E-state index contributed by atoms with van der Waals surface area (Å²) in [5.74, 6) is 0.0360. The zero-order valence-electron chi connectivity index (χ0n) is 11.5. The number of nitriles is 1. The summed E-state index contributed by atoms with van der Waals surface area (Å²) in [6.07, 6.45) is 0.552. The average Bonchev–Trinajstić information content (AvgIpc) is 2.86. The van der Waals surface area contributed by atoms with Crippen molar-refractivity contribution in [3.05, 3.63) is 41.3 Å². The van der Waals surface area contributed by atoms with E-state index in [0.29, 0.717) is 29.4 Å². The molecule has 0 bridgehead atoms. The molecule has 0 atom stereocenters. The number of hydrogen-bond donors (Lipinski definition) is 1. The van der Waals surface area contributed by atoms with Crippen molar-refractivity contribution in [1.82, 2.24) is 5.32 Å². The SMILES string of the molecule is CC(C)Sc1ccc(C(=O)NC2=C(C#N)CCO2)cc1. The molecule has 1 amide bonds. The Hall–Kier alpha value is -1.93. The number of nitrogens with zero attached hydrogens (tertiary/aromatic N) is 1. The lowest BCUT2D eigenvalue weighted by Crippen LogP contribution is -2.23. The molecule has 0 saturated heterocycles. The van der Waals surface area contributed by atoms with Gasteiger partial charge >= 0.3 is 0 Å². The van der Waals surface area contributed by atoms with Gasteiger partial charge in [0.05, 0.1) is 12.2 Å². The van der Waals surface area contributed by atoms with Crippen LogP contribution in [0.3, 0.4) is 0 Å². The van der Waals surface area contributed by atoms with Gasteiger partial charge in [0, 0.05) is 22.1 Å². The number of rotatable bonds is 4. The minimum absolute atomic E-state index is 0.254. The number of hydrogen-bond acceptors (Lipinski definition) is 4. The van der Waals surface area contributed by atoms with Crippen LogP contribution in [0, 0.1) is 11.3 Å². The van der Waals surface area contributed by atoms with E-state index in [2.05, 4.69) is 19.2 Å². The van der Waals surface area contributed by atoms with E-state index in [9.17, 15) is 4.79 Å². The summed E-state index contributed by atoms with van der Waals surface area (Å²) >= 11 is 1.75. The van der Waals surface area contributed by atoms with E-state index in [1.165, 1.54) is 0 Å². The van der Waals surface area contributed by atoms with Gasteiger partial charge in [-0.15, -0.1) is 11.8 Å². The van der Waals surface area contributed by atoms with Gasteiger partial charge in [-0.1, -0.05) is 13.8 Å². The predicted octanol–water partition coefficient (Wildman–Crippen LogP) is 3.07. The fourth-order valence-electron chi connectivity index (χ4n) is 1.81. The van der Waals surface area contributed by atoms with Crippen LogP contribution >= 0.6 is 11.8 Å². The lowest BCUT2D eigenvalue weighted by Gasteiger charge is -2.08. The maximum absolute atomic E-state index is 12.1. The molecule has 0 fully saturated rings. The second-order valence-electron chi connectivity index (χ2n) is 4.66. The fraction of sp³-hybridized carbons (Fsp3) is 0.333. The third-order valence-electron chi connectivity index (χ3n) is 2.72. The van der Waals surface area contributed by atoms with Gasteiger partial charge < -0.3 is 4.74 Å². The highest BCUT2D eigenvalue weighted by Crippen LogP contribution is 2.23. The molecular formula is C15H16N2O2S. The van der Waals surface area contributed by atoms with Crippen LogP contribution < -0.4 is 5.32 Å². The van der Waals surface area contributed by atoms with Crippen LogP contribution in [0.25, 0.3) is 0 Å². The van der Waals surface area contributed by atoms with Gasteiger partial charge in [-0.25, -0.2) is 0 Å². The van der Waals surface area contributed by atoms with Crippen molar-refractivity contribution in [3.8, 4) is 6.07 Å². The van der Waals surface area contributed by atoms with E-state index >= 15 is 0 Å². The Kier molecular flexibility index (Phi) is 4.70. The van der Waals surface area contributed by atoms with E-state index in [0.717, 1.165) is 4.90 Å². The second-order valence-corrected chi connectivity index (χ2v) is 6.31. The molecule has 1 aliphatic rings. The van der Waals surface area contributed by atoms with Crippen molar-refractivity contribution in [3.63, 3.8) is 0 Å². The number of ether oxygens (including phenoxy) is 1. The lowest BCUT2D eigenvalue weighted by atomic mass is 10.2. The van der Waals surface area contributed by atoms with Gasteiger partial charge in [-0.05, 0) is 24.3 Å². The Morgan fingerprint density at radius 2 is 2.10 bits per heavy atom. The van der Waals surface area contributed by atoms with E-state index in [1.807, 2.05) is 18.2 Å². The van der Waals surface area contributed by atoms with Gasteiger partial charge in [-0.3, -0.25) is 10.1 Å². The first kappa shape index (κ1) is 14.5. The zero-order chi connectivity index (χ0) is 14.5. The van der Waals surface area contributed by atoms with Crippen molar-refractivity contribution in [1.29, 1.82) is 5.26 Å². The molecule has 104 valence electrons. The molecular weight excluding hydrogens is 272 g/mol. The molecule has 1 aromatic rings. The van der Waals surface area contributed by atoms with Crippen molar-refractivity contribution < 1.29 is 9.53 Å². The molecule has 0 unspecified atom stereocenters. The molecule has 20 heavy (non-hydrogen) atoms. The van der Waals surface area contributed by atoms with Gasteiger partial charge in [0.25, 0.3) is 5.91 Å². The number of carbonyl (C=O) groups excluding carboxylic acids is 1. The third-order valence-corrected chi connectivity index (χ3v) is 3.74. The summed E-state index contributed by atoms with van der Waals surface area (Å²) in [5.41, 5.74) is 1.05. The Bertz CT molecular complexity index is 571. The number of benzene rings is 1. The molecule has 2 rings (SSSR count). The summed E-state index contributed by atoms with van der Waals surface area (Å²) < 4.78 is 5.25. The summed E-state index contributed by atoms with van der Waals surface area (Å²) in [4.78, 5) is 13.2. The fourth-order valence-corrected chi connectivity index (χ4v) is 2.64. The Balaban J connectivity index is 2.05. The number of nitrogens with one attached hydrogen (secondary N) is 1. The summed E-state index contributed by atoms with van der Waals surface area (Å²) in [7, 11) is 0. The van der Waals surface area contributed by atoms with Crippen LogP contribution in [0.5, 0.6) is 0 Å². The molecule has 0 aromatic heterocycles. The average molecular weight is 288 g/mol. The lowest BCUT2D eigenvalue weighted by molar-refractivity contribution is 0.0930. The van der Waals surface area contributed by atoms with Gasteiger partial charge in [-0.2, -0.15) is 5.26 Å². The first-order valence-corrected chi connectivity index (χ1v) is 7.32. The van der Waals surface area contributed by atoms with E-state index in [-0.39, 0.29) is 11.8 Å². The topological polar surface area (TPSA) is 62.1 Å². The van der Waals surface area contributed by atoms with Crippen molar-refractivity contribution in [2.45, 2.75) is 30.4 Å². The van der Waals surface area contributed by atoms with Crippen LogP contribution in [0.15, 0.2) is 40.6 Å². The molecule has 0 aliphatic carbocycles. The minimum Gasteiger partial charge on any atom is -0.478 e. The first-order valence-electron chi connectivity index (χ1n) is 6.44. The Morgan fingerprint density at radius 1 is 1.40 bits per heavy atom. The van der Waals surface area contributed by atoms with E-state index in [4.69, 9.17) is 10.00 Å². The van der Waals surface area contributed by atoms with Gasteiger partial charge in [0.2, 0.25) is 5.88 Å². The first-order chi connectivity index (χ1) is 9.60. The predicted molar refractivity (Wildman–Crippen MR) is 78.1 cm³/mol. The van der Waals surface area contributed by atoms with Crippen molar-refractivity contribution in [2.24, 2.45) is 0 Å². The highest BCUT2D eigenvalue weighted by atomic mass is 32.2. The molecule has 0 radical (unpaired) electrons. The normalized spacial score (nSPS) is 14.1. The van der Waals surface area contributed by atoms with Gasteiger partial charge in [0.1, 0.15) is 6.07 Å².